The number of carbonyl (C=O) groups is 1. The molecule has 28 heavy (non-hydrogen) atoms. The summed E-state index contributed by atoms with van der Waals surface area (Å²) in [7, 11) is 0. The molecular formula is C20H19N5O3. The first-order chi connectivity index (χ1) is 13.7. The second-order valence-corrected chi connectivity index (χ2v) is 6.42. The van der Waals surface area contributed by atoms with Gasteiger partial charge in [-0.25, -0.2) is 14.5 Å². The molecule has 0 aliphatic carbocycles. The van der Waals surface area contributed by atoms with Crippen LogP contribution in [0.15, 0.2) is 70.4 Å². The van der Waals surface area contributed by atoms with Crippen LogP contribution in [-0.2, 0) is 24.4 Å². The van der Waals surface area contributed by atoms with Gasteiger partial charge in [0.25, 0.3) is 0 Å². The number of nitrogens with zero attached hydrogens (tertiary/aromatic N) is 4. The van der Waals surface area contributed by atoms with Crippen LogP contribution >= 0.6 is 0 Å². The number of aromatic nitrogens is 4. The lowest BCUT2D eigenvalue weighted by Gasteiger charge is -2.07. The Morgan fingerprint density at radius 2 is 1.86 bits per heavy atom. The highest BCUT2D eigenvalue weighted by atomic mass is 16.4. The van der Waals surface area contributed by atoms with Gasteiger partial charge in [-0.2, -0.15) is 5.10 Å². The molecule has 0 fully saturated rings. The maximum absolute atomic E-state index is 12.2. The topological polar surface area (TPSA) is 94.9 Å². The van der Waals surface area contributed by atoms with Gasteiger partial charge in [-0.05, 0) is 23.3 Å². The third-order valence-corrected chi connectivity index (χ3v) is 4.46. The third kappa shape index (κ3) is 4.01. The average molecular weight is 377 g/mol. The molecule has 0 bridgehead atoms. The van der Waals surface area contributed by atoms with Crippen molar-refractivity contribution in [1.82, 2.24) is 24.6 Å². The van der Waals surface area contributed by atoms with Crippen LogP contribution in [0.3, 0.4) is 0 Å². The van der Waals surface area contributed by atoms with Crippen LogP contribution in [0.4, 0.5) is 0 Å². The maximum atomic E-state index is 12.2. The Balaban J connectivity index is 1.29. The van der Waals surface area contributed by atoms with Crippen molar-refractivity contribution in [3.8, 4) is 0 Å². The van der Waals surface area contributed by atoms with Gasteiger partial charge in [-0.1, -0.05) is 36.4 Å². The second kappa shape index (κ2) is 7.91. The highest BCUT2D eigenvalue weighted by Gasteiger charge is 2.10. The van der Waals surface area contributed by atoms with Gasteiger partial charge in [-0.3, -0.25) is 9.36 Å². The molecule has 0 unspecified atom stereocenters. The van der Waals surface area contributed by atoms with E-state index in [2.05, 4.69) is 15.4 Å². The molecule has 0 saturated heterocycles. The number of hydrogen-bond acceptors (Lipinski definition) is 5. The number of aryl methyl sites for hydroxylation is 1. The minimum atomic E-state index is -0.447. The first-order valence-corrected chi connectivity index (χ1v) is 8.94. The highest BCUT2D eigenvalue weighted by Crippen LogP contribution is 2.12. The molecular weight excluding hydrogens is 358 g/mol. The average Bonchev–Trinajstić information content (AvgIpc) is 3.33. The minimum Gasteiger partial charge on any atom is -0.408 e. The van der Waals surface area contributed by atoms with E-state index in [9.17, 15) is 9.59 Å². The molecule has 1 N–H and O–H groups in total. The van der Waals surface area contributed by atoms with Crippen molar-refractivity contribution < 1.29 is 9.21 Å². The zero-order valence-electron chi connectivity index (χ0n) is 15.1. The Labute approximate surface area is 160 Å². The Kier molecular flexibility index (Phi) is 5.01. The molecule has 1 amide bonds. The molecule has 2 aromatic carbocycles. The van der Waals surface area contributed by atoms with Gasteiger partial charge in [0.1, 0.15) is 12.7 Å². The smallest absolute Gasteiger partial charge is 0.408 e. The van der Waals surface area contributed by atoms with E-state index in [-0.39, 0.29) is 18.9 Å². The zero-order chi connectivity index (χ0) is 19.3. The highest BCUT2D eigenvalue weighted by molar-refractivity contribution is 5.76. The lowest BCUT2D eigenvalue weighted by Crippen LogP contribution is -2.25. The Hall–Kier alpha value is -3.68. The number of benzene rings is 2. The van der Waals surface area contributed by atoms with Crippen LogP contribution < -0.4 is 11.1 Å². The number of amides is 1. The fourth-order valence-corrected chi connectivity index (χ4v) is 2.99. The summed E-state index contributed by atoms with van der Waals surface area (Å²) >= 11 is 0. The molecule has 8 heteroatoms. The third-order valence-electron chi connectivity index (χ3n) is 4.46. The normalized spacial score (nSPS) is 11.0. The fourth-order valence-electron chi connectivity index (χ4n) is 2.99. The van der Waals surface area contributed by atoms with Crippen molar-refractivity contribution in [1.29, 1.82) is 0 Å². The van der Waals surface area contributed by atoms with E-state index < -0.39 is 5.76 Å². The van der Waals surface area contributed by atoms with Crippen molar-refractivity contribution in [2.24, 2.45) is 0 Å². The summed E-state index contributed by atoms with van der Waals surface area (Å²) in [5.41, 5.74) is 3.33. The standard InChI is InChI=1S/C20H19N5O3/c26-19(9-10-25-17-3-1-2-4-18(17)28-20(25)27)22-11-15-5-7-16(8-6-15)12-24-14-21-13-23-24/h1-8,13-14H,9-12H2,(H,22,26). The number of nitrogens with one attached hydrogen (secondary N) is 1. The number of oxazole rings is 1. The Morgan fingerprint density at radius 3 is 2.64 bits per heavy atom. The summed E-state index contributed by atoms with van der Waals surface area (Å²) in [4.78, 5) is 28.0. The van der Waals surface area contributed by atoms with E-state index in [0.717, 1.165) is 11.1 Å². The lowest BCUT2D eigenvalue weighted by atomic mass is 10.1. The van der Waals surface area contributed by atoms with Crippen molar-refractivity contribution in [3.63, 3.8) is 0 Å². The Morgan fingerprint density at radius 1 is 1.07 bits per heavy atom. The number of hydrogen-bond donors (Lipinski definition) is 1. The van der Waals surface area contributed by atoms with E-state index in [1.54, 1.807) is 29.2 Å². The summed E-state index contributed by atoms with van der Waals surface area (Å²) in [6.45, 7) is 1.36. The summed E-state index contributed by atoms with van der Waals surface area (Å²) in [6.07, 6.45) is 3.38. The van der Waals surface area contributed by atoms with Crippen LogP contribution in [0.1, 0.15) is 17.5 Å². The van der Waals surface area contributed by atoms with E-state index in [1.807, 2.05) is 30.3 Å². The Bertz CT molecular complexity index is 1130. The predicted molar refractivity (Wildman–Crippen MR) is 103 cm³/mol. The number of carbonyl (C=O) groups excluding carboxylic acids is 1. The van der Waals surface area contributed by atoms with Gasteiger partial charge in [0.2, 0.25) is 5.91 Å². The summed E-state index contributed by atoms with van der Waals surface area (Å²) in [6, 6.07) is 15.1. The molecule has 0 saturated carbocycles. The van der Waals surface area contributed by atoms with Gasteiger partial charge < -0.3 is 9.73 Å². The maximum Gasteiger partial charge on any atom is 0.419 e. The minimum absolute atomic E-state index is 0.121. The molecule has 2 aromatic heterocycles. The van der Waals surface area contributed by atoms with E-state index in [4.69, 9.17) is 4.42 Å². The molecule has 0 aliphatic rings. The molecule has 2 heterocycles. The van der Waals surface area contributed by atoms with Crippen LogP contribution in [-0.4, -0.2) is 25.2 Å². The first-order valence-electron chi connectivity index (χ1n) is 8.94. The van der Waals surface area contributed by atoms with E-state index >= 15 is 0 Å². The predicted octanol–water partition coefficient (Wildman–Crippen LogP) is 1.94. The quantitative estimate of drug-likeness (QED) is 0.531. The van der Waals surface area contributed by atoms with Crippen LogP contribution in [0.2, 0.25) is 0 Å². The molecule has 142 valence electrons. The van der Waals surface area contributed by atoms with Gasteiger partial charge in [-0.15, -0.1) is 0 Å². The van der Waals surface area contributed by atoms with Crippen molar-refractivity contribution in [2.75, 3.05) is 0 Å². The van der Waals surface area contributed by atoms with Gasteiger partial charge in [0.15, 0.2) is 5.58 Å². The van der Waals surface area contributed by atoms with Crippen LogP contribution in [0.25, 0.3) is 11.1 Å². The first kappa shape index (κ1) is 17.7. The molecule has 8 nitrogen and oxygen atoms in total. The van der Waals surface area contributed by atoms with E-state index in [1.165, 1.54) is 10.9 Å². The van der Waals surface area contributed by atoms with Crippen molar-refractivity contribution >= 4 is 17.0 Å². The molecule has 0 aliphatic heterocycles. The molecule has 4 aromatic rings. The van der Waals surface area contributed by atoms with Gasteiger partial charge in [0.05, 0.1) is 12.1 Å². The number of fused-ring (bicyclic) bond motifs is 1. The number of para-hydroxylation sites is 2. The number of rotatable bonds is 7. The second-order valence-electron chi connectivity index (χ2n) is 6.42. The van der Waals surface area contributed by atoms with Crippen molar-refractivity contribution in [2.45, 2.75) is 26.1 Å². The summed E-state index contributed by atoms with van der Waals surface area (Å²) in [5.74, 6) is -0.569. The molecule has 0 atom stereocenters. The summed E-state index contributed by atoms with van der Waals surface area (Å²) < 4.78 is 8.40. The summed E-state index contributed by atoms with van der Waals surface area (Å²) in [5, 5.41) is 6.96. The largest absolute Gasteiger partial charge is 0.419 e. The molecule has 0 radical (unpaired) electrons. The van der Waals surface area contributed by atoms with Crippen LogP contribution in [0.5, 0.6) is 0 Å². The van der Waals surface area contributed by atoms with Gasteiger partial charge in [0, 0.05) is 19.5 Å². The molecule has 0 spiro atoms. The van der Waals surface area contributed by atoms with Crippen molar-refractivity contribution in [3.05, 3.63) is 82.9 Å². The van der Waals surface area contributed by atoms with E-state index in [0.29, 0.717) is 24.2 Å². The SMILES string of the molecule is O=C(CCn1c(=O)oc2ccccc21)NCc1ccc(Cn2cncn2)cc1. The fraction of sp³-hybridized carbons (Fsp3) is 0.200. The monoisotopic (exact) mass is 377 g/mol. The van der Waals surface area contributed by atoms with Crippen LogP contribution in [0, 0.1) is 0 Å². The zero-order valence-corrected chi connectivity index (χ0v) is 15.1. The molecule has 4 rings (SSSR count). The van der Waals surface area contributed by atoms with Gasteiger partial charge >= 0.3 is 5.76 Å². The lowest BCUT2D eigenvalue weighted by molar-refractivity contribution is -0.121.